The van der Waals surface area contributed by atoms with Crippen LogP contribution in [0.25, 0.3) is 0 Å². The van der Waals surface area contributed by atoms with Gasteiger partial charge in [-0.25, -0.2) is 17.7 Å². The highest BCUT2D eigenvalue weighted by Crippen LogP contribution is 2.25. The van der Waals surface area contributed by atoms with E-state index in [1.165, 1.54) is 29.7 Å². The van der Waals surface area contributed by atoms with Gasteiger partial charge in [0.1, 0.15) is 6.54 Å². The van der Waals surface area contributed by atoms with Crippen LogP contribution in [0.1, 0.15) is 26.7 Å². The zero-order valence-corrected chi connectivity index (χ0v) is 15.3. The molecule has 1 aromatic heterocycles. The number of amides is 1. The van der Waals surface area contributed by atoms with Crippen molar-refractivity contribution in [2.24, 2.45) is 0 Å². The highest BCUT2D eigenvalue weighted by atomic mass is 32.2. The molecule has 8 heteroatoms. The zero-order chi connectivity index (χ0) is 17.6. The number of nitrogens with zero attached hydrogens (tertiary/aromatic N) is 2. The number of thiazole rings is 1. The molecule has 0 aliphatic heterocycles. The SMILES string of the molecule is CCCC(C)NC(=O)CN(c1nccs1)S(=O)(=O)c1ccccc1. The third kappa shape index (κ3) is 4.55. The molecule has 1 aromatic carbocycles. The summed E-state index contributed by atoms with van der Waals surface area (Å²) in [5.41, 5.74) is 0. The molecule has 0 saturated heterocycles. The van der Waals surface area contributed by atoms with E-state index in [0.717, 1.165) is 17.1 Å². The second-order valence-corrected chi connectivity index (χ2v) is 8.13. The van der Waals surface area contributed by atoms with E-state index >= 15 is 0 Å². The number of benzene rings is 1. The van der Waals surface area contributed by atoms with Crippen molar-refractivity contribution in [3.63, 3.8) is 0 Å². The summed E-state index contributed by atoms with van der Waals surface area (Å²) in [6, 6.07) is 8.06. The van der Waals surface area contributed by atoms with Crippen LogP contribution in [0.5, 0.6) is 0 Å². The number of hydrogen-bond donors (Lipinski definition) is 1. The summed E-state index contributed by atoms with van der Waals surface area (Å²) >= 11 is 1.18. The molecule has 1 heterocycles. The average molecular weight is 367 g/mol. The first kappa shape index (κ1) is 18.4. The van der Waals surface area contributed by atoms with E-state index in [1.807, 2.05) is 13.8 Å². The lowest BCUT2D eigenvalue weighted by Crippen LogP contribution is -2.43. The lowest BCUT2D eigenvalue weighted by atomic mass is 10.2. The van der Waals surface area contributed by atoms with E-state index in [-0.39, 0.29) is 28.5 Å². The molecule has 0 saturated carbocycles. The maximum Gasteiger partial charge on any atom is 0.266 e. The maximum absolute atomic E-state index is 12.9. The normalized spacial score (nSPS) is 12.6. The fourth-order valence-electron chi connectivity index (χ4n) is 2.27. The summed E-state index contributed by atoms with van der Waals surface area (Å²) in [7, 11) is -3.85. The van der Waals surface area contributed by atoms with E-state index in [2.05, 4.69) is 10.3 Å². The van der Waals surface area contributed by atoms with Crippen LogP contribution in [-0.2, 0) is 14.8 Å². The van der Waals surface area contributed by atoms with Gasteiger partial charge < -0.3 is 5.32 Å². The molecule has 1 amide bonds. The van der Waals surface area contributed by atoms with Gasteiger partial charge in [0.2, 0.25) is 5.91 Å². The van der Waals surface area contributed by atoms with Crippen LogP contribution in [0.2, 0.25) is 0 Å². The number of carbonyl (C=O) groups is 1. The summed E-state index contributed by atoms with van der Waals surface area (Å²) < 4.78 is 26.8. The van der Waals surface area contributed by atoms with Gasteiger partial charge in [-0.2, -0.15) is 0 Å². The molecular formula is C16H21N3O3S2. The van der Waals surface area contributed by atoms with Crippen molar-refractivity contribution in [2.45, 2.75) is 37.6 Å². The molecule has 130 valence electrons. The van der Waals surface area contributed by atoms with E-state index in [1.54, 1.807) is 23.6 Å². The Morgan fingerprint density at radius 1 is 1.33 bits per heavy atom. The van der Waals surface area contributed by atoms with Gasteiger partial charge in [-0.05, 0) is 25.5 Å². The predicted octanol–water partition coefficient (Wildman–Crippen LogP) is 2.64. The lowest BCUT2D eigenvalue weighted by molar-refractivity contribution is -0.120. The minimum Gasteiger partial charge on any atom is -0.352 e. The Kier molecular flexibility index (Phi) is 6.33. The monoisotopic (exact) mass is 367 g/mol. The van der Waals surface area contributed by atoms with Crippen molar-refractivity contribution in [3.05, 3.63) is 41.9 Å². The smallest absolute Gasteiger partial charge is 0.266 e. The third-order valence-corrected chi connectivity index (χ3v) is 6.04. The number of sulfonamides is 1. The molecule has 0 fully saturated rings. The second kappa shape index (κ2) is 8.25. The van der Waals surface area contributed by atoms with Crippen LogP contribution >= 0.6 is 11.3 Å². The number of aromatic nitrogens is 1. The quantitative estimate of drug-likeness (QED) is 0.778. The van der Waals surface area contributed by atoms with Crippen molar-refractivity contribution >= 4 is 32.4 Å². The Morgan fingerprint density at radius 2 is 2.04 bits per heavy atom. The van der Waals surface area contributed by atoms with E-state index < -0.39 is 10.0 Å². The predicted molar refractivity (Wildman–Crippen MR) is 95.6 cm³/mol. The van der Waals surface area contributed by atoms with Crippen LogP contribution in [-0.4, -0.2) is 31.9 Å². The summed E-state index contributed by atoms with van der Waals surface area (Å²) in [6.45, 7) is 3.64. The Labute approximate surface area is 146 Å². The van der Waals surface area contributed by atoms with Gasteiger partial charge in [0.15, 0.2) is 5.13 Å². The van der Waals surface area contributed by atoms with Gasteiger partial charge in [-0.1, -0.05) is 31.5 Å². The second-order valence-electron chi connectivity index (χ2n) is 5.40. The highest BCUT2D eigenvalue weighted by Gasteiger charge is 2.29. The molecule has 0 spiro atoms. The summed E-state index contributed by atoms with van der Waals surface area (Å²) in [4.78, 5) is 16.5. The van der Waals surface area contributed by atoms with E-state index in [4.69, 9.17) is 0 Å². The minimum atomic E-state index is -3.85. The summed E-state index contributed by atoms with van der Waals surface area (Å²) in [5.74, 6) is -0.342. The average Bonchev–Trinajstić information content (AvgIpc) is 3.07. The van der Waals surface area contributed by atoms with Gasteiger partial charge in [0, 0.05) is 17.6 Å². The third-order valence-electron chi connectivity index (χ3n) is 3.38. The van der Waals surface area contributed by atoms with Gasteiger partial charge in [0.05, 0.1) is 4.90 Å². The van der Waals surface area contributed by atoms with E-state index in [0.29, 0.717) is 0 Å². The maximum atomic E-state index is 12.9. The Balaban J connectivity index is 2.25. The molecular weight excluding hydrogens is 346 g/mol. The molecule has 1 unspecified atom stereocenters. The Hall–Kier alpha value is -1.93. The topological polar surface area (TPSA) is 79.4 Å². The molecule has 6 nitrogen and oxygen atoms in total. The molecule has 0 aliphatic carbocycles. The van der Waals surface area contributed by atoms with Gasteiger partial charge in [-0.15, -0.1) is 11.3 Å². The Morgan fingerprint density at radius 3 is 2.62 bits per heavy atom. The molecule has 0 bridgehead atoms. The van der Waals surface area contributed by atoms with Crippen molar-refractivity contribution in [2.75, 3.05) is 10.8 Å². The van der Waals surface area contributed by atoms with Gasteiger partial charge in [0.25, 0.3) is 10.0 Å². The number of hydrogen-bond acceptors (Lipinski definition) is 5. The van der Waals surface area contributed by atoms with E-state index in [9.17, 15) is 13.2 Å². The number of nitrogens with one attached hydrogen (secondary N) is 1. The van der Waals surface area contributed by atoms with Crippen LogP contribution in [0.3, 0.4) is 0 Å². The fourth-order valence-corrected chi connectivity index (χ4v) is 4.54. The lowest BCUT2D eigenvalue weighted by Gasteiger charge is -2.22. The standard InChI is InChI=1S/C16H21N3O3S2/c1-3-7-13(2)18-15(20)12-19(16-17-10-11-23-16)24(21,22)14-8-5-4-6-9-14/h4-6,8-11,13H,3,7,12H2,1-2H3,(H,18,20). The first-order valence-electron chi connectivity index (χ1n) is 7.71. The van der Waals surface area contributed by atoms with Crippen molar-refractivity contribution < 1.29 is 13.2 Å². The highest BCUT2D eigenvalue weighted by molar-refractivity contribution is 7.93. The largest absolute Gasteiger partial charge is 0.352 e. The zero-order valence-electron chi connectivity index (χ0n) is 13.7. The number of rotatable bonds is 8. The van der Waals surface area contributed by atoms with Gasteiger partial charge in [-0.3, -0.25) is 4.79 Å². The summed E-state index contributed by atoms with van der Waals surface area (Å²) in [5, 5.41) is 4.78. The van der Waals surface area contributed by atoms with Crippen LogP contribution < -0.4 is 9.62 Å². The van der Waals surface area contributed by atoms with Crippen LogP contribution in [0.4, 0.5) is 5.13 Å². The fraction of sp³-hybridized carbons (Fsp3) is 0.375. The molecule has 0 aliphatic rings. The van der Waals surface area contributed by atoms with Crippen molar-refractivity contribution in [1.82, 2.24) is 10.3 Å². The molecule has 1 atom stereocenters. The summed E-state index contributed by atoms with van der Waals surface area (Å²) in [6.07, 6.45) is 3.31. The number of anilines is 1. The first-order chi connectivity index (χ1) is 11.4. The van der Waals surface area contributed by atoms with Crippen LogP contribution in [0, 0.1) is 0 Å². The molecule has 2 aromatic rings. The molecule has 2 rings (SSSR count). The van der Waals surface area contributed by atoms with Crippen LogP contribution in [0.15, 0.2) is 46.8 Å². The van der Waals surface area contributed by atoms with Crippen molar-refractivity contribution in [3.8, 4) is 0 Å². The first-order valence-corrected chi connectivity index (χ1v) is 10.0. The molecule has 24 heavy (non-hydrogen) atoms. The number of carbonyl (C=O) groups excluding carboxylic acids is 1. The Bertz CT molecular complexity index is 746. The minimum absolute atomic E-state index is 0.0000688. The van der Waals surface area contributed by atoms with Gasteiger partial charge >= 0.3 is 0 Å². The molecule has 0 radical (unpaired) electrons. The molecule has 1 N–H and O–H groups in total. The van der Waals surface area contributed by atoms with Crippen molar-refractivity contribution in [1.29, 1.82) is 0 Å².